The fourth-order valence-corrected chi connectivity index (χ4v) is 3.31. The summed E-state index contributed by atoms with van der Waals surface area (Å²) in [5, 5.41) is 4.99. The van der Waals surface area contributed by atoms with Crippen molar-refractivity contribution in [3.63, 3.8) is 0 Å². The van der Waals surface area contributed by atoms with E-state index in [1.165, 1.54) is 30.2 Å². The van der Waals surface area contributed by atoms with Crippen LogP contribution in [-0.4, -0.2) is 16.4 Å². The molecular formula is C17H21ClN2. The van der Waals surface area contributed by atoms with Crippen LogP contribution in [0.15, 0.2) is 30.3 Å². The van der Waals surface area contributed by atoms with Gasteiger partial charge in [-0.25, -0.2) is 4.98 Å². The van der Waals surface area contributed by atoms with Gasteiger partial charge in [-0.2, -0.15) is 0 Å². The van der Waals surface area contributed by atoms with Crippen LogP contribution in [0.3, 0.4) is 0 Å². The van der Waals surface area contributed by atoms with E-state index in [2.05, 4.69) is 36.5 Å². The molecule has 1 saturated carbocycles. The lowest BCUT2D eigenvalue weighted by Crippen LogP contribution is -2.29. The molecule has 1 aromatic carbocycles. The number of fused-ring (bicyclic) bond motifs is 1. The van der Waals surface area contributed by atoms with Crippen molar-refractivity contribution >= 4 is 28.3 Å². The van der Waals surface area contributed by atoms with Gasteiger partial charge in [-0.05, 0) is 37.5 Å². The number of benzene rings is 1. The van der Waals surface area contributed by atoms with E-state index < -0.39 is 0 Å². The zero-order valence-corrected chi connectivity index (χ0v) is 12.7. The highest BCUT2D eigenvalue weighted by molar-refractivity contribution is 6.21. The van der Waals surface area contributed by atoms with Crippen molar-refractivity contribution in [1.82, 2.24) is 4.98 Å². The van der Waals surface area contributed by atoms with Gasteiger partial charge in [0.1, 0.15) is 5.82 Å². The fraction of sp³-hybridized carbons (Fsp3) is 0.471. The van der Waals surface area contributed by atoms with Gasteiger partial charge in [0.15, 0.2) is 0 Å². The molecule has 1 fully saturated rings. The molecular weight excluding hydrogens is 268 g/mol. The van der Waals surface area contributed by atoms with Gasteiger partial charge in [-0.3, -0.25) is 0 Å². The molecule has 2 aromatic rings. The Morgan fingerprint density at radius 3 is 2.85 bits per heavy atom. The molecule has 0 amide bonds. The molecule has 1 aromatic heterocycles. The number of anilines is 1. The summed E-state index contributed by atoms with van der Waals surface area (Å²) in [6, 6.07) is 10.8. The first-order valence-corrected chi connectivity index (χ1v) is 7.95. The largest absolute Gasteiger partial charge is 0.366 e. The lowest BCUT2D eigenvalue weighted by molar-refractivity contribution is 0.624. The van der Waals surface area contributed by atoms with E-state index in [1.807, 2.05) is 6.07 Å². The Hall–Kier alpha value is -1.28. The molecule has 2 nitrogen and oxygen atoms in total. The molecule has 0 saturated heterocycles. The number of pyridine rings is 1. The van der Waals surface area contributed by atoms with Gasteiger partial charge in [0.2, 0.25) is 0 Å². The zero-order chi connectivity index (χ0) is 13.9. The van der Waals surface area contributed by atoms with Gasteiger partial charge in [0.25, 0.3) is 0 Å². The Morgan fingerprint density at radius 1 is 1.15 bits per heavy atom. The van der Waals surface area contributed by atoms with Crippen LogP contribution in [0.4, 0.5) is 5.82 Å². The third-order valence-corrected chi connectivity index (χ3v) is 4.69. The summed E-state index contributed by atoms with van der Waals surface area (Å²) in [7, 11) is 0. The normalized spacial score (nSPS) is 23.5. The maximum atomic E-state index is 6.52. The Kier molecular flexibility index (Phi) is 4.11. The quantitative estimate of drug-likeness (QED) is 0.628. The Balaban J connectivity index is 1.87. The number of hydrogen-bond acceptors (Lipinski definition) is 2. The minimum Gasteiger partial charge on any atom is -0.366 e. The Morgan fingerprint density at radius 2 is 1.95 bits per heavy atom. The summed E-state index contributed by atoms with van der Waals surface area (Å²) >= 11 is 6.52. The Labute approximate surface area is 125 Å². The van der Waals surface area contributed by atoms with Crippen molar-refractivity contribution in [2.24, 2.45) is 0 Å². The molecule has 2 atom stereocenters. The number of alkyl halides is 1. The van der Waals surface area contributed by atoms with E-state index in [0.29, 0.717) is 6.04 Å². The van der Waals surface area contributed by atoms with Crippen LogP contribution in [0.25, 0.3) is 10.9 Å². The summed E-state index contributed by atoms with van der Waals surface area (Å²) in [5.74, 6) is 0.987. The van der Waals surface area contributed by atoms with Gasteiger partial charge in [0.05, 0.1) is 10.9 Å². The highest BCUT2D eigenvalue weighted by Crippen LogP contribution is 2.27. The smallest absolute Gasteiger partial charge is 0.129 e. The number of hydrogen-bond donors (Lipinski definition) is 1. The molecule has 0 bridgehead atoms. The highest BCUT2D eigenvalue weighted by atomic mass is 35.5. The molecule has 106 valence electrons. The van der Waals surface area contributed by atoms with E-state index >= 15 is 0 Å². The van der Waals surface area contributed by atoms with E-state index in [9.17, 15) is 0 Å². The molecule has 0 radical (unpaired) electrons. The van der Waals surface area contributed by atoms with E-state index in [4.69, 9.17) is 16.6 Å². The highest BCUT2D eigenvalue weighted by Gasteiger charge is 2.22. The summed E-state index contributed by atoms with van der Waals surface area (Å²) < 4.78 is 0. The van der Waals surface area contributed by atoms with E-state index in [-0.39, 0.29) is 5.38 Å². The predicted molar refractivity (Wildman–Crippen MR) is 86.6 cm³/mol. The van der Waals surface area contributed by atoms with Crippen LogP contribution in [-0.2, 0) is 0 Å². The third kappa shape index (κ3) is 2.90. The van der Waals surface area contributed by atoms with Crippen LogP contribution in [0.2, 0.25) is 0 Å². The van der Waals surface area contributed by atoms with Crippen molar-refractivity contribution in [1.29, 1.82) is 0 Å². The Bertz CT molecular complexity index is 597. The molecule has 0 spiro atoms. The van der Waals surface area contributed by atoms with E-state index in [1.54, 1.807) is 0 Å². The zero-order valence-electron chi connectivity index (χ0n) is 11.9. The van der Waals surface area contributed by atoms with Crippen molar-refractivity contribution in [2.45, 2.75) is 50.4 Å². The SMILES string of the molecule is Cc1cc2ccccc2nc1NC1CCCCCC1Cl. The van der Waals surface area contributed by atoms with Crippen molar-refractivity contribution in [3.05, 3.63) is 35.9 Å². The van der Waals surface area contributed by atoms with Gasteiger partial charge in [0, 0.05) is 11.4 Å². The van der Waals surface area contributed by atoms with Crippen molar-refractivity contribution in [3.8, 4) is 0 Å². The maximum Gasteiger partial charge on any atom is 0.129 e. The van der Waals surface area contributed by atoms with Gasteiger partial charge >= 0.3 is 0 Å². The van der Waals surface area contributed by atoms with Gasteiger partial charge < -0.3 is 5.32 Å². The second kappa shape index (κ2) is 6.01. The molecule has 2 unspecified atom stereocenters. The van der Waals surface area contributed by atoms with Crippen molar-refractivity contribution in [2.75, 3.05) is 5.32 Å². The maximum absolute atomic E-state index is 6.52. The number of aryl methyl sites for hydroxylation is 1. The van der Waals surface area contributed by atoms with E-state index in [0.717, 1.165) is 24.2 Å². The number of nitrogens with zero attached hydrogens (tertiary/aromatic N) is 1. The summed E-state index contributed by atoms with van der Waals surface area (Å²) in [6.45, 7) is 2.11. The van der Waals surface area contributed by atoms with Crippen LogP contribution >= 0.6 is 11.6 Å². The lowest BCUT2D eigenvalue weighted by Gasteiger charge is -2.23. The lowest BCUT2D eigenvalue weighted by atomic mass is 10.1. The fourth-order valence-electron chi connectivity index (χ4n) is 2.97. The topological polar surface area (TPSA) is 24.9 Å². The van der Waals surface area contributed by atoms with Crippen LogP contribution in [0.1, 0.15) is 37.7 Å². The number of halogens is 1. The second-order valence-corrected chi connectivity index (χ2v) is 6.31. The van der Waals surface area contributed by atoms with Crippen molar-refractivity contribution < 1.29 is 0 Å². The number of nitrogens with one attached hydrogen (secondary N) is 1. The molecule has 3 rings (SSSR count). The monoisotopic (exact) mass is 288 g/mol. The molecule has 0 aliphatic heterocycles. The van der Waals surface area contributed by atoms with Gasteiger partial charge in [-0.1, -0.05) is 37.5 Å². The minimum absolute atomic E-state index is 0.213. The molecule has 1 aliphatic rings. The standard InChI is InChI=1S/C17H21ClN2/c1-12-11-13-7-5-6-9-15(13)19-17(12)20-16-10-4-2-3-8-14(16)18/h5-7,9,11,14,16H,2-4,8,10H2,1H3,(H,19,20). The molecule has 1 aliphatic carbocycles. The van der Waals surface area contributed by atoms with Crippen LogP contribution < -0.4 is 5.32 Å². The molecule has 1 heterocycles. The van der Waals surface area contributed by atoms with Crippen LogP contribution in [0, 0.1) is 6.92 Å². The second-order valence-electron chi connectivity index (χ2n) is 5.75. The average molecular weight is 289 g/mol. The number of para-hydroxylation sites is 1. The molecule has 1 N–H and O–H groups in total. The summed E-state index contributed by atoms with van der Waals surface area (Å²) in [5.41, 5.74) is 2.23. The first-order valence-electron chi connectivity index (χ1n) is 7.51. The number of aromatic nitrogens is 1. The number of rotatable bonds is 2. The average Bonchev–Trinajstić information content (AvgIpc) is 2.65. The molecule has 3 heteroatoms. The third-order valence-electron chi connectivity index (χ3n) is 4.17. The summed E-state index contributed by atoms with van der Waals surface area (Å²) in [6.07, 6.45) is 6.05. The first kappa shape index (κ1) is 13.7. The van der Waals surface area contributed by atoms with Crippen LogP contribution in [0.5, 0.6) is 0 Å². The first-order chi connectivity index (χ1) is 9.74. The molecule has 20 heavy (non-hydrogen) atoms. The summed E-state index contributed by atoms with van der Waals surface area (Å²) in [4.78, 5) is 4.76. The minimum atomic E-state index is 0.213. The van der Waals surface area contributed by atoms with Gasteiger partial charge in [-0.15, -0.1) is 11.6 Å². The predicted octanol–water partition coefficient (Wildman–Crippen LogP) is 4.90.